The normalized spacial score (nSPS) is 17.8. The maximum atomic E-state index is 11.6. The van der Waals surface area contributed by atoms with Crippen molar-refractivity contribution in [1.82, 2.24) is 4.90 Å². The number of nitrogens with zero attached hydrogens (tertiary/aromatic N) is 1. The minimum Gasteiger partial charge on any atom is -0.496 e. The topological polar surface area (TPSA) is 71.0 Å². The number of likely N-dealkylation sites (tertiary alicyclic amines) is 1. The predicted octanol–water partition coefficient (Wildman–Crippen LogP) is 3.75. The van der Waals surface area contributed by atoms with Crippen LogP contribution in [0.25, 0.3) is 0 Å². The standard InChI is InChI=1S/C24H30N2O4.ClH/c1-29-22-6-3-2-5-20(22)24(28)11-14-26(15-12-24)13-4-16-30-19-9-7-18-8-10-23(27)25-21(18)17-19;/h2-3,5-7,9,17,28H,4,8,10-16H2,1H3,(H,25,27);1H. The number of piperidine rings is 1. The molecule has 2 N–H and O–H groups in total. The molecule has 2 aromatic rings. The van der Waals surface area contributed by atoms with Gasteiger partial charge >= 0.3 is 0 Å². The van der Waals surface area contributed by atoms with Crippen LogP contribution in [0.2, 0.25) is 0 Å². The molecule has 0 bridgehead atoms. The van der Waals surface area contributed by atoms with Gasteiger partial charge in [0.25, 0.3) is 0 Å². The summed E-state index contributed by atoms with van der Waals surface area (Å²) >= 11 is 0. The summed E-state index contributed by atoms with van der Waals surface area (Å²) in [5, 5.41) is 14.1. The highest BCUT2D eigenvalue weighted by Crippen LogP contribution is 2.37. The first-order valence-corrected chi connectivity index (χ1v) is 10.7. The van der Waals surface area contributed by atoms with Crippen molar-refractivity contribution in [2.24, 2.45) is 0 Å². The van der Waals surface area contributed by atoms with Gasteiger partial charge in [0.1, 0.15) is 11.5 Å². The summed E-state index contributed by atoms with van der Waals surface area (Å²) in [5.74, 6) is 1.61. The molecule has 2 heterocycles. The molecule has 0 saturated carbocycles. The van der Waals surface area contributed by atoms with E-state index in [1.54, 1.807) is 7.11 Å². The Balaban J connectivity index is 0.00000272. The zero-order chi connectivity index (χ0) is 21.0. The average molecular weight is 447 g/mol. The lowest BCUT2D eigenvalue weighted by atomic mass is 9.84. The van der Waals surface area contributed by atoms with Gasteiger partial charge in [0, 0.05) is 43.4 Å². The Kier molecular flexibility index (Phi) is 7.81. The maximum absolute atomic E-state index is 11.6. The van der Waals surface area contributed by atoms with Gasteiger partial charge < -0.3 is 24.8 Å². The summed E-state index contributed by atoms with van der Waals surface area (Å²) in [5.41, 5.74) is 2.09. The molecule has 0 atom stereocenters. The molecule has 2 aromatic carbocycles. The highest BCUT2D eigenvalue weighted by molar-refractivity contribution is 5.94. The van der Waals surface area contributed by atoms with Crippen molar-refractivity contribution < 1.29 is 19.4 Å². The third-order valence-electron chi connectivity index (χ3n) is 6.16. The van der Waals surface area contributed by atoms with Gasteiger partial charge in [0.2, 0.25) is 5.91 Å². The van der Waals surface area contributed by atoms with Crippen molar-refractivity contribution in [3.05, 3.63) is 53.6 Å². The molecule has 1 saturated heterocycles. The second-order valence-corrected chi connectivity index (χ2v) is 8.14. The van der Waals surface area contributed by atoms with Gasteiger partial charge in [-0.3, -0.25) is 4.79 Å². The number of methoxy groups -OCH3 is 1. The molecule has 4 rings (SSSR count). The number of para-hydroxylation sites is 1. The highest BCUT2D eigenvalue weighted by Gasteiger charge is 2.35. The maximum Gasteiger partial charge on any atom is 0.224 e. The predicted molar refractivity (Wildman–Crippen MR) is 123 cm³/mol. The van der Waals surface area contributed by atoms with E-state index in [-0.39, 0.29) is 18.3 Å². The quantitative estimate of drug-likeness (QED) is 0.634. The summed E-state index contributed by atoms with van der Waals surface area (Å²) in [6.45, 7) is 3.25. The van der Waals surface area contributed by atoms with Crippen LogP contribution in [-0.2, 0) is 16.8 Å². The second-order valence-electron chi connectivity index (χ2n) is 8.14. The first kappa shape index (κ1) is 23.4. The number of hydrogen-bond acceptors (Lipinski definition) is 5. The molecule has 0 radical (unpaired) electrons. The van der Waals surface area contributed by atoms with Crippen molar-refractivity contribution in [1.29, 1.82) is 0 Å². The van der Waals surface area contributed by atoms with E-state index < -0.39 is 5.60 Å². The van der Waals surface area contributed by atoms with Crippen LogP contribution in [0.1, 0.15) is 36.8 Å². The van der Waals surface area contributed by atoms with Crippen molar-refractivity contribution in [2.45, 2.75) is 37.7 Å². The zero-order valence-electron chi connectivity index (χ0n) is 17.9. The van der Waals surface area contributed by atoms with E-state index in [0.29, 0.717) is 25.9 Å². The number of benzene rings is 2. The molecule has 1 fully saturated rings. The van der Waals surface area contributed by atoms with E-state index in [4.69, 9.17) is 9.47 Å². The van der Waals surface area contributed by atoms with Gasteiger partial charge in [-0.25, -0.2) is 0 Å². The fraction of sp³-hybridized carbons (Fsp3) is 0.458. The Hall–Kier alpha value is -2.28. The Bertz CT molecular complexity index is 897. The third-order valence-corrected chi connectivity index (χ3v) is 6.16. The summed E-state index contributed by atoms with van der Waals surface area (Å²) < 4.78 is 11.3. The molecular weight excluding hydrogens is 416 g/mol. The molecule has 0 aromatic heterocycles. The van der Waals surface area contributed by atoms with Crippen molar-refractivity contribution in [3.63, 3.8) is 0 Å². The number of halogens is 1. The fourth-order valence-corrected chi connectivity index (χ4v) is 4.36. The molecule has 0 spiro atoms. The number of nitrogens with one attached hydrogen (secondary N) is 1. The highest BCUT2D eigenvalue weighted by atomic mass is 35.5. The van der Waals surface area contributed by atoms with Gasteiger partial charge in [-0.1, -0.05) is 24.3 Å². The summed E-state index contributed by atoms with van der Waals surface area (Å²) in [6, 6.07) is 13.7. The van der Waals surface area contributed by atoms with Crippen LogP contribution in [0.5, 0.6) is 11.5 Å². The lowest BCUT2D eigenvalue weighted by molar-refractivity contribution is -0.116. The van der Waals surface area contributed by atoms with E-state index in [2.05, 4.69) is 10.2 Å². The number of amides is 1. The Morgan fingerprint density at radius 3 is 2.68 bits per heavy atom. The molecule has 6 nitrogen and oxygen atoms in total. The molecule has 7 heteroatoms. The number of anilines is 1. The molecule has 2 aliphatic heterocycles. The molecule has 0 unspecified atom stereocenters. The van der Waals surface area contributed by atoms with Crippen LogP contribution < -0.4 is 14.8 Å². The number of hydrogen-bond donors (Lipinski definition) is 2. The van der Waals surface area contributed by atoms with Crippen LogP contribution in [0.3, 0.4) is 0 Å². The van der Waals surface area contributed by atoms with Crippen molar-refractivity contribution >= 4 is 24.0 Å². The molecule has 2 aliphatic rings. The number of carbonyl (C=O) groups excluding carboxylic acids is 1. The SMILES string of the molecule is COc1ccccc1C1(O)CCN(CCCOc2ccc3c(c2)NC(=O)CC3)CC1.Cl. The molecule has 31 heavy (non-hydrogen) atoms. The van der Waals surface area contributed by atoms with Crippen LogP contribution >= 0.6 is 12.4 Å². The van der Waals surface area contributed by atoms with Crippen LogP contribution in [-0.4, -0.2) is 49.3 Å². The molecule has 1 amide bonds. The first-order valence-electron chi connectivity index (χ1n) is 10.7. The minimum atomic E-state index is -0.826. The van der Waals surface area contributed by atoms with Gasteiger partial charge in [0.05, 0.1) is 19.3 Å². The van der Waals surface area contributed by atoms with Gasteiger partial charge in [-0.2, -0.15) is 0 Å². The van der Waals surface area contributed by atoms with Crippen LogP contribution in [0.15, 0.2) is 42.5 Å². The van der Waals surface area contributed by atoms with Crippen molar-refractivity contribution in [2.75, 3.05) is 38.7 Å². The first-order chi connectivity index (χ1) is 14.6. The van der Waals surface area contributed by atoms with E-state index in [9.17, 15) is 9.90 Å². The van der Waals surface area contributed by atoms with E-state index in [1.807, 2.05) is 42.5 Å². The average Bonchev–Trinajstić information content (AvgIpc) is 2.77. The van der Waals surface area contributed by atoms with E-state index >= 15 is 0 Å². The van der Waals surface area contributed by atoms with Crippen molar-refractivity contribution in [3.8, 4) is 11.5 Å². The Labute approximate surface area is 190 Å². The smallest absolute Gasteiger partial charge is 0.224 e. The molecule has 0 aliphatic carbocycles. The van der Waals surface area contributed by atoms with Gasteiger partial charge in [-0.15, -0.1) is 12.4 Å². The zero-order valence-corrected chi connectivity index (χ0v) is 18.7. The third kappa shape index (κ3) is 5.50. The number of aliphatic hydroxyl groups is 1. The summed E-state index contributed by atoms with van der Waals surface area (Å²) in [6.07, 6.45) is 3.64. The fourth-order valence-electron chi connectivity index (χ4n) is 4.36. The monoisotopic (exact) mass is 446 g/mol. The van der Waals surface area contributed by atoms with Crippen LogP contribution in [0, 0.1) is 0 Å². The number of fused-ring (bicyclic) bond motifs is 1. The lowest BCUT2D eigenvalue weighted by Crippen LogP contribution is -2.43. The Morgan fingerprint density at radius 2 is 1.90 bits per heavy atom. The number of ether oxygens (including phenoxy) is 2. The number of rotatable bonds is 7. The molecule has 168 valence electrons. The number of aryl methyl sites for hydroxylation is 1. The Morgan fingerprint density at radius 1 is 1.13 bits per heavy atom. The van der Waals surface area contributed by atoms with Gasteiger partial charge in [0.15, 0.2) is 0 Å². The van der Waals surface area contributed by atoms with E-state index in [0.717, 1.165) is 60.8 Å². The van der Waals surface area contributed by atoms with E-state index in [1.165, 1.54) is 0 Å². The van der Waals surface area contributed by atoms with Gasteiger partial charge in [-0.05, 0) is 43.4 Å². The summed E-state index contributed by atoms with van der Waals surface area (Å²) in [4.78, 5) is 13.9. The molecular formula is C24H31ClN2O4. The summed E-state index contributed by atoms with van der Waals surface area (Å²) in [7, 11) is 1.65. The second kappa shape index (κ2) is 10.4. The number of carbonyl (C=O) groups is 1. The lowest BCUT2D eigenvalue weighted by Gasteiger charge is -2.39. The van der Waals surface area contributed by atoms with Crippen LogP contribution in [0.4, 0.5) is 5.69 Å². The largest absolute Gasteiger partial charge is 0.496 e. The minimum absolute atomic E-state index is 0.